The number of ether oxygens (including phenoxy) is 4. The molecule has 0 saturated carbocycles. The standard InChI is InChI=1S/C34H51NO14/c1-18-10-8-6-4-5-7-9-11-22(48-33-31(42)29(35)30(41)20(3)47-33)15-26-28(32(43)44)25(39)17-34(45,49-26)16-21(36)14-24(38)23(37)12-13-27(40)46-19(18)2/h4-13,18-26,28-31,33,36-39,41-42,45H,14-17,35H2,1-3H3,(H,43,44)/b6-4+,7-5+,10-8+,11-9+,13-12+/t18-,19+,20+,21-,22-,23+,24+,25-,26-,28+,29-,30+,31-,33-,34+/m0/s1. The number of carboxylic acids is 1. The molecule has 15 nitrogen and oxygen atoms in total. The monoisotopic (exact) mass is 697 g/mol. The Balaban J connectivity index is 1.94. The number of carbonyl (C=O) groups is 2. The topological polar surface area (TPSA) is 259 Å². The van der Waals surface area contributed by atoms with Crippen LogP contribution in [0, 0.1) is 11.8 Å². The van der Waals surface area contributed by atoms with Crippen molar-refractivity contribution in [3.05, 3.63) is 60.8 Å². The van der Waals surface area contributed by atoms with E-state index in [-0.39, 0.29) is 12.3 Å². The molecular formula is C34H51NO14. The molecule has 0 aromatic carbocycles. The SMILES string of the molecule is C[C@H]1/C=C/C=C/C=C/C=C/[C@H](O[C@@H]2O[C@H](C)[C@@H](O)[C@H](N)[C@@H]2O)C[C@@H]2O[C@](O)(C[C@@H](O)C[C@@H](O)[C@H](O)/C=C/C(=O)O[C@@H]1C)C[C@H](O)[C@H]2C(=O)O. The van der Waals surface area contributed by atoms with E-state index in [0.717, 1.165) is 12.2 Å². The van der Waals surface area contributed by atoms with Crippen molar-refractivity contribution in [2.45, 2.75) is 126 Å². The highest BCUT2D eigenvalue weighted by Gasteiger charge is 2.51. The van der Waals surface area contributed by atoms with Crippen molar-refractivity contribution in [2.24, 2.45) is 17.6 Å². The number of allylic oxidation sites excluding steroid dienone is 6. The lowest BCUT2D eigenvalue weighted by molar-refractivity contribution is -0.308. The van der Waals surface area contributed by atoms with Crippen LogP contribution in [-0.4, -0.2) is 132 Å². The number of nitrogens with two attached hydrogens (primary N) is 1. The molecule has 0 aromatic heterocycles. The Morgan fingerprint density at radius 1 is 0.857 bits per heavy atom. The van der Waals surface area contributed by atoms with E-state index < -0.39 is 116 Å². The second-order valence-corrected chi connectivity index (χ2v) is 13.0. The Bertz CT molecular complexity index is 1240. The maximum atomic E-state index is 12.3. The van der Waals surface area contributed by atoms with Crippen LogP contribution in [0.25, 0.3) is 0 Å². The average molecular weight is 698 g/mol. The molecule has 15 atom stereocenters. The zero-order chi connectivity index (χ0) is 36.5. The van der Waals surface area contributed by atoms with Crippen LogP contribution in [0.1, 0.15) is 46.5 Å². The Hall–Kier alpha value is -2.80. The smallest absolute Gasteiger partial charge is 0.330 e. The summed E-state index contributed by atoms with van der Waals surface area (Å²) in [6, 6.07) is -1.11. The third-order valence-electron chi connectivity index (χ3n) is 8.90. The molecule has 3 aliphatic rings. The predicted molar refractivity (Wildman–Crippen MR) is 173 cm³/mol. The molecule has 0 aromatic rings. The van der Waals surface area contributed by atoms with Gasteiger partial charge in [0.2, 0.25) is 0 Å². The molecule has 49 heavy (non-hydrogen) atoms. The Morgan fingerprint density at radius 3 is 2.14 bits per heavy atom. The highest BCUT2D eigenvalue weighted by molar-refractivity contribution is 5.82. The van der Waals surface area contributed by atoms with Gasteiger partial charge in [0, 0.05) is 37.7 Å². The Kier molecular flexibility index (Phi) is 15.3. The van der Waals surface area contributed by atoms with Gasteiger partial charge in [-0.25, -0.2) is 4.79 Å². The summed E-state index contributed by atoms with van der Waals surface area (Å²) in [5.74, 6) is -6.15. The van der Waals surface area contributed by atoms with Gasteiger partial charge in [0.1, 0.15) is 18.1 Å². The van der Waals surface area contributed by atoms with Crippen LogP contribution in [0.4, 0.5) is 0 Å². The number of aliphatic hydroxyl groups excluding tert-OH is 6. The summed E-state index contributed by atoms with van der Waals surface area (Å²) >= 11 is 0. The molecule has 2 fully saturated rings. The van der Waals surface area contributed by atoms with Crippen molar-refractivity contribution in [1.82, 2.24) is 0 Å². The van der Waals surface area contributed by atoms with Crippen LogP contribution in [0.5, 0.6) is 0 Å². The van der Waals surface area contributed by atoms with E-state index in [9.17, 15) is 50.4 Å². The van der Waals surface area contributed by atoms with E-state index in [1.54, 1.807) is 50.3 Å². The van der Waals surface area contributed by atoms with Gasteiger partial charge in [-0.2, -0.15) is 0 Å². The molecule has 3 rings (SSSR count). The van der Waals surface area contributed by atoms with Gasteiger partial charge in [-0.3, -0.25) is 4.79 Å². The molecule has 0 amide bonds. The van der Waals surface area contributed by atoms with Gasteiger partial charge in [0.15, 0.2) is 12.1 Å². The number of aliphatic carboxylic acids is 1. The minimum Gasteiger partial charge on any atom is -0.481 e. The van der Waals surface area contributed by atoms with E-state index in [0.29, 0.717) is 0 Å². The van der Waals surface area contributed by atoms with E-state index >= 15 is 0 Å². The lowest BCUT2D eigenvalue weighted by Gasteiger charge is -2.45. The van der Waals surface area contributed by atoms with Crippen molar-refractivity contribution in [3.63, 3.8) is 0 Å². The van der Waals surface area contributed by atoms with Crippen molar-refractivity contribution in [2.75, 3.05) is 0 Å². The van der Waals surface area contributed by atoms with Gasteiger partial charge in [0.25, 0.3) is 0 Å². The Morgan fingerprint density at radius 2 is 1.49 bits per heavy atom. The minimum atomic E-state index is -2.27. The molecule has 3 aliphatic heterocycles. The Labute approximate surface area is 285 Å². The average Bonchev–Trinajstić information content (AvgIpc) is 3.00. The maximum absolute atomic E-state index is 12.3. The largest absolute Gasteiger partial charge is 0.481 e. The molecule has 3 heterocycles. The first kappa shape index (κ1) is 40.6. The highest BCUT2D eigenvalue weighted by atomic mass is 16.7. The first-order chi connectivity index (χ1) is 23.0. The summed E-state index contributed by atoms with van der Waals surface area (Å²) in [5.41, 5.74) is 5.96. The number of rotatable bonds is 3. The van der Waals surface area contributed by atoms with Gasteiger partial charge in [-0.15, -0.1) is 0 Å². The molecule has 276 valence electrons. The van der Waals surface area contributed by atoms with Crippen LogP contribution in [0.15, 0.2) is 60.8 Å². The molecule has 15 heteroatoms. The van der Waals surface area contributed by atoms with E-state index in [2.05, 4.69) is 0 Å². The fourth-order valence-corrected chi connectivity index (χ4v) is 5.86. The summed E-state index contributed by atoms with van der Waals surface area (Å²) in [6.07, 6.45) is -0.575. The molecular weight excluding hydrogens is 646 g/mol. The highest BCUT2D eigenvalue weighted by Crippen LogP contribution is 2.38. The van der Waals surface area contributed by atoms with Crippen molar-refractivity contribution < 1.29 is 69.4 Å². The van der Waals surface area contributed by atoms with Gasteiger partial charge in [-0.05, 0) is 19.9 Å². The molecule has 2 bridgehead atoms. The lowest BCUT2D eigenvalue weighted by Crippen LogP contribution is -2.61. The molecule has 0 aliphatic carbocycles. The lowest BCUT2D eigenvalue weighted by atomic mass is 9.82. The molecule has 0 spiro atoms. The van der Waals surface area contributed by atoms with Crippen LogP contribution in [0.2, 0.25) is 0 Å². The number of aliphatic hydroxyl groups is 7. The summed E-state index contributed by atoms with van der Waals surface area (Å²) in [4.78, 5) is 24.5. The number of hydrogen-bond acceptors (Lipinski definition) is 14. The first-order valence-electron chi connectivity index (χ1n) is 16.4. The quantitative estimate of drug-likeness (QED) is 0.166. The maximum Gasteiger partial charge on any atom is 0.330 e. The number of carboxylic acid groups (broad SMARTS) is 1. The van der Waals surface area contributed by atoms with E-state index in [1.807, 2.05) is 13.0 Å². The van der Waals surface area contributed by atoms with Crippen LogP contribution < -0.4 is 5.73 Å². The van der Waals surface area contributed by atoms with Crippen molar-refractivity contribution in [3.8, 4) is 0 Å². The second-order valence-electron chi connectivity index (χ2n) is 13.0. The number of hydrogen-bond donors (Lipinski definition) is 9. The summed E-state index contributed by atoms with van der Waals surface area (Å²) in [6.45, 7) is 5.09. The normalized spacial score (nSPS) is 46.7. The summed E-state index contributed by atoms with van der Waals surface area (Å²) in [7, 11) is 0. The summed E-state index contributed by atoms with van der Waals surface area (Å²) in [5, 5.41) is 84.7. The minimum absolute atomic E-state index is 0.171. The number of fused-ring (bicyclic) bond motifs is 2. The van der Waals surface area contributed by atoms with Gasteiger partial charge in [0.05, 0.1) is 54.9 Å². The molecule has 0 unspecified atom stereocenters. The third-order valence-corrected chi connectivity index (χ3v) is 8.90. The zero-order valence-electron chi connectivity index (χ0n) is 27.8. The second kappa shape index (κ2) is 18.4. The first-order valence-corrected chi connectivity index (χ1v) is 16.4. The summed E-state index contributed by atoms with van der Waals surface area (Å²) < 4.78 is 22.9. The number of carbonyl (C=O) groups excluding carboxylic acids is 1. The van der Waals surface area contributed by atoms with Gasteiger partial charge >= 0.3 is 11.9 Å². The third kappa shape index (κ3) is 11.9. The van der Waals surface area contributed by atoms with E-state index in [1.165, 1.54) is 6.08 Å². The molecule has 2 saturated heterocycles. The van der Waals surface area contributed by atoms with Crippen LogP contribution in [-0.2, 0) is 28.5 Å². The fraction of sp³-hybridized carbons (Fsp3) is 0.647. The van der Waals surface area contributed by atoms with Crippen LogP contribution >= 0.6 is 0 Å². The molecule has 10 N–H and O–H groups in total. The predicted octanol–water partition coefficient (Wildman–Crippen LogP) is -0.680. The van der Waals surface area contributed by atoms with Crippen LogP contribution in [0.3, 0.4) is 0 Å². The number of esters is 1. The number of cyclic esters (lactones) is 1. The zero-order valence-corrected chi connectivity index (χ0v) is 27.8. The van der Waals surface area contributed by atoms with Crippen molar-refractivity contribution >= 4 is 11.9 Å². The van der Waals surface area contributed by atoms with Gasteiger partial charge < -0.3 is 65.5 Å². The van der Waals surface area contributed by atoms with E-state index in [4.69, 9.17) is 24.7 Å². The van der Waals surface area contributed by atoms with Gasteiger partial charge in [-0.1, -0.05) is 55.5 Å². The van der Waals surface area contributed by atoms with Crippen molar-refractivity contribution in [1.29, 1.82) is 0 Å². The molecule has 0 radical (unpaired) electrons. The fourth-order valence-electron chi connectivity index (χ4n) is 5.86.